The van der Waals surface area contributed by atoms with Crippen LogP contribution in [-0.4, -0.2) is 31.7 Å². The SMILES string of the molecule is C=CCN(Cc1ccc(C(=O)NCCCC)cc1)S(=O)(=O)c1ccc(C)cc1. The number of amides is 1. The average molecular weight is 401 g/mol. The second-order valence-corrected chi connectivity index (χ2v) is 8.64. The Morgan fingerprint density at radius 2 is 1.75 bits per heavy atom. The first-order valence-electron chi connectivity index (χ1n) is 9.43. The van der Waals surface area contributed by atoms with Crippen LogP contribution in [0.2, 0.25) is 0 Å². The minimum Gasteiger partial charge on any atom is -0.352 e. The van der Waals surface area contributed by atoms with E-state index in [2.05, 4.69) is 18.8 Å². The van der Waals surface area contributed by atoms with Gasteiger partial charge in [-0.1, -0.05) is 49.2 Å². The summed E-state index contributed by atoms with van der Waals surface area (Å²) in [6, 6.07) is 13.8. The average Bonchev–Trinajstić information content (AvgIpc) is 2.68. The summed E-state index contributed by atoms with van der Waals surface area (Å²) < 4.78 is 27.3. The van der Waals surface area contributed by atoms with Crippen LogP contribution in [0.4, 0.5) is 0 Å². The van der Waals surface area contributed by atoms with Gasteiger partial charge in [-0.3, -0.25) is 4.79 Å². The van der Waals surface area contributed by atoms with Crippen LogP contribution in [-0.2, 0) is 16.6 Å². The highest BCUT2D eigenvalue weighted by molar-refractivity contribution is 7.89. The Hall–Kier alpha value is -2.44. The zero-order valence-corrected chi connectivity index (χ0v) is 17.3. The Morgan fingerprint density at radius 3 is 2.32 bits per heavy atom. The van der Waals surface area contributed by atoms with Gasteiger partial charge in [0.2, 0.25) is 10.0 Å². The van der Waals surface area contributed by atoms with Crippen molar-refractivity contribution < 1.29 is 13.2 Å². The number of carbonyl (C=O) groups is 1. The van der Waals surface area contributed by atoms with Crippen molar-refractivity contribution in [2.24, 2.45) is 0 Å². The maximum absolute atomic E-state index is 13.0. The minimum atomic E-state index is -3.64. The van der Waals surface area contributed by atoms with Gasteiger partial charge in [0, 0.05) is 25.2 Å². The molecule has 0 bridgehead atoms. The smallest absolute Gasteiger partial charge is 0.251 e. The lowest BCUT2D eigenvalue weighted by Gasteiger charge is -2.21. The van der Waals surface area contributed by atoms with Gasteiger partial charge < -0.3 is 5.32 Å². The largest absolute Gasteiger partial charge is 0.352 e. The number of carbonyl (C=O) groups excluding carboxylic acids is 1. The fraction of sp³-hybridized carbons (Fsp3) is 0.318. The van der Waals surface area contributed by atoms with Crippen molar-refractivity contribution in [1.82, 2.24) is 9.62 Å². The summed E-state index contributed by atoms with van der Waals surface area (Å²) in [5.41, 5.74) is 2.38. The molecule has 0 radical (unpaired) electrons. The van der Waals surface area contributed by atoms with E-state index in [1.165, 1.54) is 4.31 Å². The van der Waals surface area contributed by atoms with E-state index in [1.54, 1.807) is 54.6 Å². The van der Waals surface area contributed by atoms with Crippen molar-refractivity contribution >= 4 is 15.9 Å². The van der Waals surface area contributed by atoms with Gasteiger partial charge in [-0.05, 0) is 43.2 Å². The molecule has 0 aromatic heterocycles. The van der Waals surface area contributed by atoms with Gasteiger partial charge in [-0.25, -0.2) is 8.42 Å². The maximum Gasteiger partial charge on any atom is 0.251 e. The molecule has 0 unspecified atom stereocenters. The molecule has 0 aliphatic heterocycles. The lowest BCUT2D eigenvalue weighted by Crippen LogP contribution is -2.31. The normalized spacial score (nSPS) is 11.4. The van der Waals surface area contributed by atoms with Crippen molar-refractivity contribution in [3.8, 4) is 0 Å². The van der Waals surface area contributed by atoms with E-state index in [0.717, 1.165) is 24.0 Å². The molecule has 0 aliphatic carbocycles. The van der Waals surface area contributed by atoms with Crippen LogP contribution < -0.4 is 5.32 Å². The topological polar surface area (TPSA) is 66.5 Å². The molecule has 2 rings (SSSR count). The number of hydrogen-bond donors (Lipinski definition) is 1. The number of rotatable bonds is 10. The summed E-state index contributed by atoms with van der Waals surface area (Å²) in [5, 5.41) is 2.87. The summed E-state index contributed by atoms with van der Waals surface area (Å²) in [5.74, 6) is -0.116. The predicted molar refractivity (Wildman–Crippen MR) is 113 cm³/mol. The van der Waals surface area contributed by atoms with Gasteiger partial charge in [0.05, 0.1) is 4.90 Å². The van der Waals surface area contributed by atoms with Crippen molar-refractivity contribution in [3.63, 3.8) is 0 Å². The summed E-state index contributed by atoms with van der Waals surface area (Å²) in [7, 11) is -3.64. The minimum absolute atomic E-state index is 0.116. The Labute approximate surface area is 168 Å². The second kappa shape index (κ2) is 10.2. The van der Waals surface area contributed by atoms with Crippen molar-refractivity contribution in [1.29, 1.82) is 0 Å². The van der Waals surface area contributed by atoms with E-state index in [-0.39, 0.29) is 23.9 Å². The molecular formula is C22H28N2O3S. The van der Waals surface area contributed by atoms with E-state index < -0.39 is 10.0 Å². The Morgan fingerprint density at radius 1 is 1.11 bits per heavy atom. The van der Waals surface area contributed by atoms with E-state index in [9.17, 15) is 13.2 Å². The van der Waals surface area contributed by atoms with E-state index in [0.29, 0.717) is 12.1 Å². The molecule has 1 amide bonds. The third kappa shape index (κ3) is 5.78. The molecule has 28 heavy (non-hydrogen) atoms. The first-order valence-corrected chi connectivity index (χ1v) is 10.9. The monoisotopic (exact) mass is 400 g/mol. The second-order valence-electron chi connectivity index (χ2n) is 6.71. The lowest BCUT2D eigenvalue weighted by atomic mass is 10.1. The van der Waals surface area contributed by atoms with Crippen LogP contribution >= 0.6 is 0 Å². The summed E-state index contributed by atoms with van der Waals surface area (Å²) >= 11 is 0. The number of nitrogens with one attached hydrogen (secondary N) is 1. The van der Waals surface area contributed by atoms with E-state index >= 15 is 0 Å². The number of hydrogen-bond acceptors (Lipinski definition) is 3. The fourth-order valence-corrected chi connectivity index (χ4v) is 4.10. The molecule has 6 heteroatoms. The Balaban J connectivity index is 2.14. The highest BCUT2D eigenvalue weighted by atomic mass is 32.2. The van der Waals surface area contributed by atoms with Gasteiger partial charge in [0.25, 0.3) is 5.91 Å². The fourth-order valence-electron chi connectivity index (χ4n) is 2.70. The zero-order chi connectivity index (χ0) is 20.6. The van der Waals surface area contributed by atoms with Crippen molar-refractivity contribution in [2.45, 2.75) is 38.1 Å². The first kappa shape index (κ1) is 21.9. The quantitative estimate of drug-likeness (QED) is 0.486. The van der Waals surface area contributed by atoms with Crippen LogP contribution in [0.3, 0.4) is 0 Å². The Bertz CT molecular complexity index is 888. The third-order valence-electron chi connectivity index (χ3n) is 4.38. The van der Waals surface area contributed by atoms with Gasteiger partial charge in [-0.15, -0.1) is 6.58 Å². The predicted octanol–water partition coefficient (Wildman–Crippen LogP) is 3.90. The molecule has 0 saturated carbocycles. The standard InChI is InChI=1S/C22H28N2O3S/c1-4-6-15-23-22(25)20-11-9-19(10-12-20)17-24(16-5-2)28(26,27)21-13-7-18(3)8-14-21/h5,7-14H,2,4,6,15-17H2,1,3H3,(H,23,25). The number of benzene rings is 2. The van der Waals surface area contributed by atoms with E-state index in [1.807, 2.05) is 6.92 Å². The van der Waals surface area contributed by atoms with Crippen molar-refractivity contribution in [2.75, 3.05) is 13.1 Å². The van der Waals surface area contributed by atoms with Crippen LogP contribution in [0.15, 0.2) is 66.1 Å². The highest BCUT2D eigenvalue weighted by Gasteiger charge is 2.23. The van der Waals surface area contributed by atoms with E-state index in [4.69, 9.17) is 0 Å². The molecule has 0 fully saturated rings. The molecule has 150 valence electrons. The highest BCUT2D eigenvalue weighted by Crippen LogP contribution is 2.19. The lowest BCUT2D eigenvalue weighted by molar-refractivity contribution is 0.0953. The van der Waals surface area contributed by atoms with Gasteiger partial charge >= 0.3 is 0 Å². The molecule has 2 aromatic carbocycles. The molecule has 2 aromatic rings. The number of nitrogens with zero attached hydrogens (tertiary/aromatic N) is 1. The summed E-state index contributed by atoms with van der Waals surface area (Å²) in [6.07, 6.45) is 3.53. The van der Waals surface area contributed by atoms with Crippen molar-refractivity contribution in [3.05, 3.63) is 77.9 Å². The first-order chi connectivity index (χ1) is 13.4. The molecular weight excluding hydrogens is 372 g/mol. The van der Waals surface area contributed by atoms with Crippen LogP contribution in [0.25, 0.3) is 0 Å². The van der Waals surface area contributed by atoms with Crippen LogP contribution in [0.5, 0.6) is 0 Å². The molecule has 0 aliphatic rings. The molecule has 0 saturated heterocycles. The van der Waals surface area contributed by atoms with Gasteiger partial charge in [0.1, 0.15) is 0 Å². The molecule has 0 heterocycles. The third-order valence-corrected chi connectivity index (χ3v) is 6.21. The van der Waals surface area contributed by atoms with Crippen LogP contribution in [0, 0.1) is 6.92 Å². The number of unbranched alkanes of at least 4 members (excludes halogenated alkanes) is 1. The molecule has 0 spiro atoms. The summed E-state index contributed by atoms with van der Waals surface area (Å²) in [4.78, 5) is 12.4. The van der Waals surface area contributed by atoms with Crippen LogP contribution in [0.1, 0.15) is 41.3 Å². The van der Waals surface area contributed by atoms with Gasteiger partial charge in [0.15, 0.2) is 0 Å². The molecule has 1 N–H and O–H groups in total. The maximum atomic E-state index is 13.0. The molecule has 5 nitrogen and oxygen atoms in total. The number of aryl methyl sites for hydroxylation is 1. The summed E-state index contributed by atoms with van der Waals surface area (Å²) in [6.45, 7) is 8.73. The number of sulfonamides is 1. The zero-order valence-electron chi connectivity index (χ0n) is 16.5. The molecule has 0 atom stereocenters. The Kier molecular flexibility index (Phi) is 7.96. The van der Waals surface area contributed by atoms with Gasteiger partial charge in [-0.2, -0.15) is 4.31 Å².